The molecule has 1 aromatic carbocycles. The van der Waals surface area contributed by atoms with Crippen LogP contribution in [0.1, 0.15) is 5.82 Å². The van der Waals surface area contributed by atoms with Gasteiger partial charge in [-0.3, -0.25) is 16.0 Å². The molecule has 0 aliphatic rings. The number of anilines is 1. The van der Waals surface area contributed by atoms with Crippen LogP contribution in [-0.2, 0) is 16.6 Å². The molecule has 0 amide bonds. The number of hydrazine groups is 1. The summed E-state index contributed by atoms with van der Waals surface area (Å²) in [6.45, 7) is -0.179. The van der Waals surface area contributed by atoms with Gasteiger partial charge in [-0.15, -0.1) is 0 Å². The average molecular weight is 314 g/mol. The molecule has 11 nitrogen and oxygen atoms in total. The number of nitrogen functional groups attached to an aromatic ring is 1. The van der Waals surface area contributed by atoms with E-state index in [2.05, 4.69) is 24.8 Å². The fraction of sp³-hybridized carbons (Fsp3) is 0.111. The van der Waals surface area contributed by atoms with Crippen molar-refractivity contribution in [2.75, 3.05) is 5.43 Å². The van der Waals surface area contributed by atoms with E-state index in [0.29, 0.717) is 0 Å². The highest BCUT2D eigenvalue weighted by Crippen LogP contribution is 2.26. The SMILES string of the molecule is NNc1cc(S(=O)(=O)NCc2ncon2)ccc1[N+](=O)[O-]. The number of hydrogen-bond acceptors (Lipinski definition) is 9. The molecular formula is C9H10N6O5S. The van der Waals surface area contributed by atoms with Gasteiger partial charge in [0, 0.05) is 6.07 Å². The third-order valence-electron chi connectivity index (χ3n) is 2.46. The summed E-state index contributed by atoms with van der Waals surface area (Å²) >= 11 is 0. The summed E-state index contributed by atoms with van der Waals surface area (Å²) in [6.07, 6.45) is 1.06. The lowest BCUT2D eigenvalue weighted by molar-refractivity contribution is -0.384. The maximum Gasteiger partial charge on any atom is 0.293 e. The minimum absolute atomic E-state index is 0.123. The molecule has 21 heavy (non-hydrogen) atoms. The first-order chi connectivity index (χ1) is 9.94. The number of hydrogen-bond donors (Lipinski definition) is 3. The Kier molecular flexibility index (Phi) is 4.11. The van der Waals surface area contributed by atoms with E-state index in [4.69, 9.17) is 5.84 Å². The summed E-state index contributed by atoms with van der Waals surface area (Å²) in [5.74, 6) is 5.30. The zero-order valence-corrected chi connectivity index (χ0v) is 11.2. The van der Waals surface area contributed by atoms with Gasteiger partial charge < -0.3 is 9.95 Å². The van der Waals surface area contributed by atoms with E-state index in [1.165, 1.54) is 0 Å². The fourth-order valence-corrected chi connectivity index (χ4v) is 2.48. The van der Waals surface area contributed by atoms with E-state index >= 15 is 0 Å². The smallest absolute Gasteiger partial charge is 0.293 e. The summed E-state index contributed by atoms with van der Waals surface area (Å²) in [5, 5.41) is 14.2. The number of sulfonamides is 1. The van der Waals surface area contributed by atoms with E-state index in [9.17, 15) is 18.5 Å². The number of nitrogens with two attached hydrogens (primary N) is 1. The van der Waals surface area contributed by atoms with Crippen molar-refractivity contribution < 1.29 is 17.9 Å². The molecule has 2 aromatic rings. The number of aromatic nitrogens is 2. The van der Waals surface area contributed by atoms with Crippen molar-refractivity contribution in [2.45, 2.75) is 11.4 Å². The molecule has 0 atom stereocenters. The maximum absolute atomic E-state index is 12.0. The molecule has 4 N–H and O–H groups in total. The molecule has 0 unspecified atom stereocenters. The van der Waals surface area contributed by atoms with Crippen LogP contribution in [0.5, 0.6) is 0 Å². The van der Waals surface area contributed by atoms with Crippen LogP contribution in [0.15, 0.2) is 34.0 Å². The van der Waals surface area contributed by atoms with Gasteiger partial charge in [-0.2, -0.15) is 4.98 Å². The van der Waals surface area contributed by atoms with Crippen molar-refractivity contribution in [3.8, 4) is 0 Å². The topological polar surface area (TPSA) is 166 Å². The predicted molar refractivity (Wildman–Crippen MR) is 69.2 cm³/mol. The van der Waals surface area contributed by atoms with Gasteiger partial charge in [0.25, 0.3) is 5.69 Å². The standard InChI is InChI=1S/C9H10N6O5S/c10-13-7-3-6(1-2-8(7)15(16)17)21(18,19)12-4-9-11-5-20-14-9/h1-3,5,12-13H,4,10H2. The first-order valence-electron chi connectivity index (χ1n) is 5.44. The Morgan fingerprint density at radius 1 is 1.43 bits per heavy atom. The molecule has 0 fully saturated rings. The molecule has 12 heteroatoms. The number of benzene rings is 1. The summed E-state index contributed by atoms with van der Waals surface area (Å²) in [5.41, 5.74) is 1.62. The highest BCUT2D eigenvalue weighted by atomic mass is 32.2. The Morgan fingerprint density at radius 2 is 2.19 bits per heavy atom. The Labute approximate surface area is 118 Å². The van der Waals surface area contributed by atoms with Gasteiger partial charge in [0.05, 0.1) is 16.4 Å². The van der Waals surface area contributed by atoms with Crippen molar-refractivity contribution in [1.82, 2.24) is 14.9 Å². The summed E-state index contributed by atoms with van der Waals surface area (Å²) in [7, 11) is -3.90. The van der Waals surface area contributed by atoms with Crippen LogP contribution >= 0.6 is 0 Å². The monoisotopic (exact) mass is 314 g/mol. The largest absolute Gasteiger partial charge is 0.343 e. The lowest BCUT2D eigenvalue weighted by atomic mass is 10.3. The third-order valence-corrected chi connectivity index (χ3v) is 3.86. The minimum atomic E-state index is -3.90. The molecular weight excluding hydrogens is 304 g/mol. The van der Waals surface area contributed by atoms with E-state index in [0.717, 1.165) is 24.6 Å². The molecule has 0 saturated carbocycles. The van der Waals surface area contributed by atoms with Gasteiger partial charge in [0.2, 0.25) is 16.4 Å². The highest BCUT2D eigenvalue weighted by molar-refractivity contribution is 7.89. The van der Waals surface area contributed by atoms with Crippen LogP contribution in [0.2, 0.25) is 0 Å². The Morgan fingerprint density at radius 3 is 2.76 bits per heavy atom. The molecule has 0 aliphatic carbocycles. The number of rotatable bonds is 6. The average Bonchev–Trinajstić information content (AvgIpc) is 2.97. The van der Waals surface area contributed by atoms with Gasteiger partial charge in [-0.25, -0.2) is 13.1 Å². The van der Waals surface area contributed by atoms with Crippen molar-refractivity contribution in [2.24, 2.45) is 5.84 Å². The van der Waals surface area contributed by atoms with Crippen LogP contribution in [0, 0.1) is 10.1 Å². The number of nitrogens with one attached hydrogen (secondary N) is 2. The molecule has 112 valence electrons. The van der Waals surface area contributed by atoms with Gasteiger partial charge in [0.1, 0.15) is 5.69 Å². The van der Waals surface area contributed by atoms with Crippen molar-refractivity contribution in [1.29, 1.82) is 0 Å². The fourth-order valence-electron chi connectivity index (χ4n) is 1.47. The number of nitro benzene ring substituents is 1. The molecule has 0 spiro atoms. The van der Waals surface area contributed by atoms with Crippen LogP contribution in [0.25, 0.3) is 0 Å². The molecule has 1 aromatic heterocycles. The Balaban J connectivity index is 2.25. The molecule has 2 rings (SSSR count). The van der Waals surface area contributed by atoms with E-state index < -0.39 is 14.9 Å². The van der Waals surface area contributed by atoms with Crippen LogP contribution < -0.4 is 16.0 Å². The summed E-state index contributed by atoms with van der Waals surface area (Å²) < 4.78 is 30.8. The lowest BCUT2D eigenvalue weighted by Gasteiger charge is -2.07. The first-order valence-corrected chi connectivity index (χ1v) is 6.92. The molecule has 0 radical (unpaired) electrons. The van der Waals surface area contributed by atoms with Gasteiger partial charge in [0.15, 0.2) is 5.82 Å². The Bertz CT molecular complexity index is 744. The molecule has 0 aliphatic heterocycles. The second-order valence-corrected chi connectivity index (χ2v) is 5.52. The van der Waals surface area contributed by atoms with Crippen molar-refractivity contribution in [3.05, 3.63) is 40.5 Å². The minimum Gasteiger partial charge on any atom is -0.343 e. The highest BCUT2D eigenvalue weighted by Gasteiger charge is 2.20. The molecule has 1 heterocycles. The zero-order chi connectivity index (χ0) is 15.5. The normalized spacial score (nSPS) is 11.3. The lowest BCUT2D eigenvalue weighted by Crippen LogP contribution is -2.24. The van der Waals surface area contributed by atoms with E-state index in [1.54, 1.807) is 0 Å². The van der Waals surface area contributed by atoms with Gasteiger partial charge in [-0.1, -0.05) is 5.16 Å². The van der Waals surface area contributed by atoms with Crippen LogP contribution in [0.3, 0.4) is 0 Å². The second kappa shape index (κ2) is 5.82. The molecule has 0 bridgehead atoms. The Hall–Kier alpha value is -2.57. The van der Waals surface area contributed by atoms with Gasteiger partial charge in [-0.05, 0) is 12.1 Å². The maximum atomic E-state index is 12.0. The summed E-state index contributed by atoms with van der Waals surface area (Å²) in [6, 6.07) is 3.19. The number of nitro groups is 1. The van der Waals surface area contributed by atoms with E-state index in [-0.39, 0.29) is 28.6 Å². The third kappa shape index (κ3) is 3.31. The van der Waals surface area contributed by atoms with Crippen molar-refractivity contribution in [3.63, 3.8) is 0 Å². The van der Waals surface area contributed by atoms with E-state index in [1.807, 2.05) is 0 Å². The predicted octanol–water partition coefficient (Wildman–Crippen LogP) is -0.258. The van der Waals surface area contributed by atoms with Crippen LogP contribution in [-0.4, -0.2) is 23.5 Å². The molecule has 0 saturated heterocycles. The van der Waals surface area contributed by atoms with Gasteiger partial charge >= 0.3 is 0 Å². The second-order valence-electron chi connectivity index (χ2n) is 3.75. The quantitative estimate of drug-likeness (QED) is 0.369. The zero-order valence-electron chi connectivity index (χ0n) is 10.4. The number of nitrogens with zero attached hydrogens (tertiary/aromatic N) is 3. The van der Waals surface area contributed by atoms with Crippen molar-refractivity contribution >= 4 is 21.4 Å². The summed E-state index contributed by atoms with van der Waals surface area (Å²) in [4.78, 5) is 13.5. The van der Waals surface area contributed by atoms with Crippen LogP contribution in [0.4, 0.5) is 11.4 Å². The first kappa shape index (κ1) is 14.8.